The normalized spacial score (nSPS) is 16.1. The molecule has 0 bridgehead atoms. The second-order valence-corrected chi connectivity index (χ2v) is 11.3. The van der Waals surface area contributed by atoms with Crippen molar-refractivity contribution in [3.63, 3.8) is 0 Å². The number of aliphatic hydroxyl groups is 3. The van der Waals surface area contributed by atoms with Gasteiger partial charge in [0.2, 0.25) is 35.4 Å². The van der Waals surface area contributed by atoms with Crippen LogP contribution in [0.4, 0.5) is 0 Å². The van der Waals surface area contributed by atoms with Gasteiger partial charge in [0.1, 0.15) is 36.3 Å². The predicted molar refractivity (Wildman–Crippen MR) is 161 cm³/mol. The SMILES string of the molecule is CC(C)C[C@H](NC(=O)[C@@H](NC(=O)[C@H](CO)NC(=O)[C@H](C)NC(=O)[C@H](C)N)[C@@H](C)O)C(=O)N[C@@H](CCC(=O)O)C(=O)N[C@@H](CO)C(=O)O. The summed E-state index contributed by atoms with van der Waals surface area (Å²) in [5.74, 6) is -9.04. The van der Waals surface area contributed by atoms with E-state index < -0.39 is 122 Å². The van der Waals surface area contributed by atoms with E-state index in [4.69, 9.17) is 15.9 Å². The van der Waals surface area contributed by atoms with E-state index in [1.807, 2.05) is 5.32 Å². The van der Waals surface area contributed by atoms with Crippen LogP contribution in [0.25, 0.3) is 0 Å². The molecule has 0 saturated heterocycles. The minimum absolute atomic E-state index is 0.0555. The lowest BCUT2D eigenvalue weighted by atomic mass is 10.0. The first kappa shape index (κ1) is 42.6. The maximum Gasteiger partial charge on any atom is 0.328 e. The lowest BCUT2D eigenvalue weighted by Crippen LogP contribution is -2.62. The molecule has 20 nitrogen and oxygen atoms in total. The van der Waals surface area contributed by atoms with Crippen molar-refractivity contribution in [3.8, 4) is 0 Å². The lowest BCUT2D eigenvalue weighted by molar-refractivity contribution is -0.144. The molecule has 0 unspecified atom stereocenters. The number of nitrogens with two attached hydrogens (primary N) is 1. The van der Waals surface area contributed by atoms with Gasteiger partial charge in [0.05, 0.1) is 25.4 Å². The van der Waals surface area contributed by atoms with Crippen LogP contribution in [0.2, 0.25) is 0 Å². The fourth-order valence-corrected chi connectivity index (χ4v) is 3.79. The van der Waals surface area contributed by atoms with Gasteiger partial charge in [-0.3, -0.25) is 33.6 Å². The molecule has 0 aromatic rings. The zero-order valence-corrected chi connectivity index (χ0v) is 26.8. The van der Waals surface area contributed by atoms with Crippen molar-refractivity contribution in [2.45, 2.75) is 102 Å². The molecular formula is C27H47N7O13. The topological polar surface area (TPSA) is 336 Å². The Morgan fingerprint density at radius 3 is 1.51 bits per heavy atom. The van der Waals surface area contributed by atoms with Crippen molar-refractivity contribution in [2.24, 2.45) is 11.7 Å². The van der Waals surface area contributed by atoms with Gasteiger partial charge in [-0.15, -0.1) is 0 Å². The minimum atomic E-state index is -1.75. The summed E-state index contributed by atoms with van der Waals surface area (Å²) in [6, 6.07) is -10.2. The third-order valence-electron chi connectivity index (χ3n) is 6.46. The summed E-state index contributed by atoms with van der Waals surface area (Å²) in [7, 11) is 0. The molecule has 0 aromatic carbocycles. The van der Waals surface area contributed by atoms with E-state index >= 15 is 0 Å². The highest BCUT2D eigenvalue weighted by molar-refractivity contribution is 5.97. The number of carbonyl (C=O) groups excluding carboxylic acids is 6. The highest BCUT2D eigenvalue weighted by atomic mass is 16.4. The standard InChI is InChI=1S/C27H47N7O13/c1-11(2)8-16(24(43)30-15(6-7-19(38)39)23(42)33-18(10-36)27(46)47)31-26(45)20(14(5)37)34-25(44)17(9-35)32-22(41)13(4)29-21(40)12(3)28/h11-18,20,35-37H,6-10,28H2,1-5H3,(H,29,40)(H,30,43)(H,31,45)(H,32,41)(H,33,42)(H,34,44)(H,38,39)(H,46,47)/t12-,13-,14+,15-,16-,17-,18-,20-/m0/s1. The van der Waals surface area contributed by atoms with Gasteiger partial charge in [-0.25, -0.2) is 4.79 Å². The molecule has 0 saturated carbocycles. The quantitative estimate of drug-likeness (QED) is 0.0540. The molecule has 0 heterocycles. The Hall–Kier alpha value is -4.40. The van der Waals surface area contributed by atoms with Crippen molar-refractivity contribution >= 4 is 47.4 Å². The van der Waals surface area contributed by atoms with Crippen LogP contribution in [0, 0.1) is 5.92 Å². The van der Waals surface area contributed by atoms with Crippen LogP contribution in [0.15, 0.2) is 0 Å². The van der Waals surface area contributed by atoms with Gasteiger partial charge in [0.15, 0.2) is 0 Å². The number of carbonyl (C=O) groups is 8. The molecule has 0 aliphatic carbocycles. The third kappa shape index (κ3) is 15.6. The molecule has 8 atom stereocenters. The molecule has 6 amide bonds. The Bertz CT molecular complexity index is 1130. The number of aliphatic hydroxyl groups excluding tert-OH is 3. The molecule has 268 valence electrons. The fraction of sp³-hybridized carbons (Fsp3) is 0.704. The van der Waals surface area contributed by atoms with Crippen LogP contribution in [-0.2, 0) is 38.4 Å². The number of carboxylic acids is 2. The van der Waals surface area contributed by atoms with Crippen LogP contribution in [0.1, 0.15) is 53.9 Å². The summed E-state index contributed by atoms with van der Waals surface area (Å²) in [6.07, 6.45) is -2.74. The van der Waals surface area contributed by atoms with Crippen molar-refractivity contribution in [1.82, 2.24) is 31.9 Å². The maximum atomic E-state index is 13.2. The van der Waals surface area contributed by atoms with Gasteiger partial charge in [0.25, 0.3) is 0 Å². The van der Waals surface area contributed by atoms with Crippen LogP contribution in [0.3, 0.4) is 0 Å². The molecule has 47 heavy (non-hydrogen) atoms. The second-order valence-electron chi connectivity index (χ2n) is 11.3. The second kappa shape index (κ2) is 20.7. The van der Waals surface area contributed by atoms with Gasteiger partial charge < -0.3 is 63.2 Å². The summed E-state index contributed by atoms with van der Waals surface area (Å²) in [6.45, 7) is 5.22. The van der Waals surface area contributed by atoms with Crippen LogP contribution < -0.4 is 37.6 Å². The number of nitrogens with one attached hydrogen (secondary N) is 6. The van der Waals surface area contributed by atoms with Crippen molar-refractivity contribution < 1.29 is 63.9 Å². The zero-order valence-electron chi connectivity index (χ0n) is 26.8. The van der Waals surface area contributed by atoms with E-state index in [9.17, 15) is 53.7 Å². The summed E-state index contributed by atoms with van der Waals surface area (Å²) >= 11 is 0. The van der Waals surface area contributed by atoms with Gasteiger partial charge in [0, 0.05) is 6.42 Å². The summed E-state index contributed by atoms with van der Waals surface area (Å²) in [4.78, 5) is 98.6. The summed E-state index contributed by atoms with van der Waals surface area (Å²) < 4.78 is 0. The Balaban J connectivity index is 5.88. The molecule has 13 N–H and O–H groups in total. The summed E-state index contributed by atoms with van der Waals surface area (Å²) in [5.41, 5.74) is 5.44. The van der Waals surface area contributed by atoms with E-state index in [0.717, 1.165) is 6.92 Å². The Kier molecular flexibility index (Phi) is 18.7. The van der Waals surface area contributed by atoms with Crippen LogP contribution in [-0.4, -0.2) is 135 Å². The first-order valence-electron chi connectivity index (χ1n) is 14.7. The average Bonchev–Trinajstić information content (AvgIpc) is 2.97. The van der Waals surface area contributed by atoms with Gasteiger partial charge in [-0.1, -0.05) is 13.8 Å². The van der Waals surface area contributed by atoms with Crippen molar-refractivity contribution in [3.05, 3.63) is 0 Å². The maximum absolute atomic E-state index is 13.2. The number of carboxylic acid groups (broad SMARTS) is 2. The molecule has 0 aliphatic heterocycles. The zero-order chi connectivity index (χ0) is 36.6. The van der Waals surface area contributed by atoms with Gasteiger partial charge in [-0.05, 0) is 39.5 Å². The average molecular weight is 678 g/mol. The molecule has 0 rings (SSSR count). The van der Waals surface area contributed by atoms with E-state index in [1.165, 1.54) is 13.8 Å². The predicted octanol–water partition coefficient (Wildman–Crippen LogP) is -5.38. The smallest absolute Gasteiger partial charge is 0.328 e. The molecule has 0 spiro atoms. The highest BCUT2D eigenvalue weighted by Crippen LogP contribution is 2.09. The largest absolute Gasteiger partial charge is 0.481 e. The van der Waals surface area contributed by atoms with E-state index in [0.29, 0.717) is 0 Å². The first-order chi connectivity index (χ1) is 21.7. The number of hydrogen-bond acceptors (Lipinski definition) is 12. The van der Waals surface area contributed by atoms with E-state index in [-0.39, 0.29) is 12.3 Å². The molecule has 20 heteroatoms. The number of amides is 6. The van der Waals surface area contributed by atoms with Gasteiger partial charge >= 0.3 is 11.9 Å². The number of aliphatic carboxylic acids is 2. The fourth-order valence-electron chi connectivity index (χ4n) is 3.79. The highest BCUT2D eigenvalue weighted by Gasteiger charge is 2.34. The Morgan fingerprint density at radius 2 is 1.06 bits per heavy atom. The monoisotopic (exact) mass is 677 g/mol. The Labute approximate surface area is 270 Å². The van der Waals surface area contributed by atoms with Crippen LogP contribution >= 0.6 is 0 Å². The van der Waals surface area contributed by atoms with Crippen molar-refractivity contribution in [2.75, 3.05) is 13.2 Å². The van der Waals surface area contributed by atoms with Gasteiger partial charge in [-0.2, -0.15) is 0 Å². The number of hydrogen-bond donors (Lipinski definition) is 12. The molecule has 0 aromatic heterocycles. The molecule has 0 radical (unpaired) electrons. The molecule has 0 aliphatic rings. The first-order valence-corrected chi connectivity index (χ1v) is 14.7. The van der Waals surface area contributed by atoms with Crippen LogP contribution in [0.5, 0.6) is 0 Å². The molecule has 0 fully saturated rings. The lowest BCUT2D eigenvalue weighted by Gasteiger charge is -2.28. The van der Waals surface area contributed by atoms with Crippen molar-refractivity contribution in [1.29, 1.82) is 0 Å². The number of rotatable bonds is 21. The van der Waals surface area contributed by atoms with E-state index in [1.54, 1.807) is 13.8 Å². The molecular weight excluding hydrogens is 630 g/mol. The van der Waals surface area contributed by atoms with E-state index in [2.05, 4.69) is 26.6 Å². The minimum Gasteiger partial charge on any atom is -0.481 e. The summed E-state index contributed by atoms with van der Waals surface area (Å²) in [5, 5.41) is 60.6. The Morgan fingerprint density at radius 1 is 0.596 bits per heavy atom. The third-order valence-corrected chi connectivity index (χ3v) is 6.46.